The second-order valence-corrected chi connectivity index (χ2v) is 8.45. The normalized spacial score (nSPS) is 14.5. The van der Waals surface area contributed by atoms with Crippen LogP contribution in [0, 0.1) is 0 Å². The van der Waals surface area contributed by atoms with Gasteiger partial charge in [-0.3, -0.25) is 4.79 Å². The maximum absolute atomic E-state index is 12.1. The quantitative estimate of drug-likeness (QED) is 0.671. The Kier molecular flexibility index (Phi) is 4.04. The van der Waals surface area contributed by atoms with Crippen molar-refractivity contribution in [1.82, 2.24) is 24.8 Å². The number of nitrogens with one attached hydrogen (secondary N) is 1. The van der Waals surface area contributed by atoms with Gasteiger partial charge in [-0.2, -0.15) is 9.61 Å². The molecule has 0 spiro atoms. The molecule has 10 heteroatoms. The molecular weight excluding hydrogens is 352 g/mol. The van der Waals surface area contributed by atoms with Crippen LogP contribution < -0.4 is 10.9 Å². The molecule has 3 heterocycles. The Morgan fingerprint density at radius 3 is 3.04 bits per heavy atom. The number of hydrogen-bond acceptors (Lipinski definition) is 9. The molecule has 1 aliphatic rings. The van der Waals surface area contributed by atoms with Crippen molar-refractivity contribution in [3.05, 3.63) is 27.1 Å². The Morgan fingerprint density at radius 1 is 1.39 bits per heavy atom. The van der Waals surface area contributed by atoms with Gasteiger partial charge < -0.3 is 5.32 Å². The van der Waals surface area contributed by atoms with Crippen molar-refractivity contribution < 1.29 is 0 Å². The first-order valence-electron chi connectivity index (χ1n) is 7.33. The van der Waals surface area contributed by atoms with Gasteiger partial charge in [0.05, 0.1) is 5.69 Å². The first kappa shape index (κ1) is 15.0. The van der Waals surface area contributed by atoms with E-state index in [4.69, 9.17) is 0 Å². The summed E-state index contributed by atoms with van der Waals surface area (Å²) in [6.45, 7) is 2.02. The lowest BCUT2D eigenvalue weighted by molar-refractivity contribution is 0.852. The van der Waals surface area contributed by atoms with Crippen molar-refractivity contribution >= 4 is 44.5 Å². The molecule has 0 radical (unpaired) electrons. The van der Waals surface area contributed by atoms with E-state index in [1.807, 2.05) is 6.92 Å². The van der Waals surface area contributed by atoms with Gasteiger partial charge in [-0.15, -0.1) is 10.2 Å². The van der Waals surface area contributed by atoms with Gasteiger partial charge >= 0.3 is 0 Å². The van der Waals surface area contributed by atoms with E-state index < -0.39 is 0 Å². The van der Waals surface area contributed by atoms with E-state index in [0.29, 0.717) is 16.8 Å². The molecule has 1 saturated carbocycles. The van der Waals surface area contributed by atoms with Crippen LogP contribution in [0.4, 0.5) is 5.13 Å². The second kappa shape index (κ2) is 6.17. The summed E-state index contributed by atoms with van der Waals surface area (Å²) in [4.78, 5) is 17.3. The number of rotatable bonds is 6. The van der Waals surface area contributed by atoms with Crippen LogP contribution in [0.3, 0.4) is 0 Å². The van der Waals surface area contributed by atoms with Gasteiger partial charge in [0, 0.05) is 17.9 Å². The first-order valence-corrected chi connectivity index (χ1v) is 9.94. The standard InChI is InChI=1S/C13H14N6OS3/c1-2-9-18-19-10(20)5-8(15-12(19)22-9)6-21-13-17-16-11(23-13)14-7-3-4-7/h5,7H,2-4,6H2,1H3,(H,14,16). The second-order valence-electron chi connectivity index (χ2n) is 5.21. The van der Waals surface area contributed by atoms with Crippen LogP contribution >= 0.6 is 34.4 Å². The van der Waals surface area contributed by atoms with Crippen LogP contribution in [-0.2, 0) is 12.2 Å². The van der Waals surface area contributed by atoms with Gasteiger partial charge in [-0.1, -0.05) is 41.4 Å². The molecule has 1 aliphatic carbocycles. The molecule has 0 aliphatic heterocycles. The SMILES string of the molecule is CCc1nn2c(=O)cc(CSc3nnc(NC4CC4)s3)nc2s1. The minimum absolute atomic E-state index is 0.130. The summed E-state index contributed by atoms with van der Waals surface area (Å²) < 4.78 is 2.26. The number of hydrogen-bond donors (Lipinski definition) is 1. The van der Waals surface area contributed by atoms with Crippen LogP contribution in [-0.4, -0.2) is 30.8 Å². The molecule has 0 amide bonds. The highest BCUT2D eigenvalue weighted by molar-refractivity contribution is 8.00. The lowest BCUT2D eigenvalue weighted by Crippen LogP contribution is -2.15. The lowest BCUT2D eigenvalue weighted by atomic mass is 10.4. The number of thioether (sulfide) groups is 1. The molecule has 3 aromatic heterocycles. The summed E-state index contributed by atoms with van der Waals surface area (Å²) in [6.07, 6.45) is 3.23. The Labute approximate surface area is 144 Å². The Bertz CT molecular complexity index is 897. The van der Waals surface area contributed by atoms with Gasteiger partial charge in [-0.25, -0.2) is 4.98 Å². The maximum Gasteiger partial charge on any atom is 0.275 e. The van der Waals surface area contributed by atoms with Gasteiger partial charge in [0.2, 0.25) is 10.1 Å². The van der Waals surface area contributed by atoms with E-state index in [1.54, 1.807) is 29.2 Å². The predicted octanol–water partition coefficient (Wildman–Crippen LogP) is 2.43. The Hall–Kier alpha value is -1.52. The molecule has 23 heavy (non-hydrogen) atoms. The predicted molar refractivity (Wildman–Crippen MR) is 92.6 cm³/mol. The summed E-state index contributed by atoms with van der Waals surface area (Å²) in [5.41, 5.74) is 0.619. The van der Waals surface area contributed by atoms with Gasteiger partial charge in [0.1, 0.15) is 5.01 Å². The smallest absolute Gasteiger partial charge is 0.275 e. The van der Waals surface area contributed by atoms with Gasteiger partial charge in [0.25, 0.3) is 5.56 Å². The number of anilines is 1. The third-order valence-electron chi connectivity index (χ3n) is 3.30. The van der Waals surface area contributed by atoms with Crippen molar-refractivity contribution in [1.29, 1.82) is 0 Å². The minimum atomic E-state index is -0.130. The largest absolute Gasteiger partial charge is 0.357 e. The van der Waals surface area contributed by atoms with Crippen LogP contribution in [0.25, 0.3) is 4.96 Å². The third kappa shape index (κ3) is 3.38. The molecule has 0 aromatic carbocycles. The van der Waals surface area contributed by atoms with E-state index >= 15 is 0 Å². The highest BCUT2D eigenvalue weighted by atomic mass is 32.2. The summed E-state index contributed by atoms with van der Waals surface area (Å²) in [6, 6.07) is 2.12. The molecule has 1 fully saturated rings. The fourth-order valence-electron chi connectivity index (χ4n) is 1.98. The minimum Gasteiger partial charge on any atom is -0.357 e. The van der Waals surface area contributed by atoms with Crippen LogP contribution in [0.2, 0.25) is 0 Å². The summed E-state index contributed by atoms with van der Waals surface area (Å²) in [5.74, 6) is 0.600. The molecule has 0 saturated heterocycles. The molecule has 120 valence electrons. The molecule has 1 N–H and O–H groups in total. The Balaban J connectivity index is 1.48. The molecule has 3 aromatic rings. The monoisotopic (exact) mass is 366 g/mol. The summed E-state index contributed by atoms with van der Waals surface area (Å²) >= 11 is 4.56. The highest BCUT2D eigenvalue weighted by Gasteiger charge is 2.22. The van der Waals surface area contributed by atoms with Crippen LogP contribution in [0.15, 0.2) is 15.2 Å². The van der Waals surface area contributed by atoms with Gasteiger partial charge in [0.15, 0.2) is 4.34 Å². The van der Waals surface area contributed by atoms with Crippen LogP contribution in [0.5, 0.6) is 0 Å². The highest BCUT2D eigenvalue weighted by Crippen LogP contribution is 2.31. The number of fused-ring (bicyclic) bond motifs is 1. The Morgan fingerprint density at radius 2 is 2.26 bits per heavy atom. The molecule has 4 rings (SSSR count). The van der Waals surface area contributed by atoms with Gasteiger partial charge in [-0.05, 0) is 19.3 Å². The van der Waals surface area contributed by atoms with E-state index in [1.165, 1.54) is 28.7 Å². The fraction of sp³-hybridized carbons (Fsp3) is 0.462. The first-order chi connectivity index (χ1) is 11.2. The zero-order valence-corrected chi connectivity index (χ0v) is 14.8. The number of aryl methyl sites for hydroxylation is 1. The number of nitrogens with zero attached hydrogens (tertiary/aromatic N) is 5. The average molecular weight is 366 g/mol. The third-order valence-corrected chi connectivity index (χ3v) is 6.37. The van der Waals surface area contributed by atoms with Crippen molar-refractivity contribution in [2.24, 2.45) is 0 Å². The van der Waals surface area contributed by atoms with Crippen molar-refractivity contribution in [2.75, 3.05) is 5.32 Å². The van der Waals surface area contributed by atoms with Crippen molar-refractivity contribution in [3.63, 3.8) is 0 Å². The molecule has 0 unspecified atom stereocenters. The number of aromatic nitrogens is 5. The summed E-state index contributed by atoms with van der Waals surface area (Å²) in [7, 11) is 0. The van der Waals surface area contributed by atoms with E-state index in [-0.39, 0.29) is 5.56 Å². The lowest BCUT2D eigenvalue weighted by Gasteiger charge is -1.98. The summed E-state index contributed by atoms with van der Waals surface area (Å²) in [5, 5.41) is 17.7. The molecule has 7 nitrogen and oxygen atoms in total. The maximum atomic E-state index is 12.1. The van der Waals surface area contributed by atoms with E-state index in [2.05, 4.69) is 25.6 Å². The fourth-order valence-corrected chi connectivity index (χ4v) is 4.56. The van der Waals surface area contributed by atoms with E-state index in [9.17, 15) is 4.79 Å². The van der Waals surface area contributed by atoms with Crippen molar-refractivity contribution in [2.45, 2.75) is 42.3 Å². The van der Waals surface area contributed by atoms with Crippen LogP contribution in [0.1, 0.15) is 30.5 Å². The molecule has 0 atom stereocenters. The zero-order chi connectivity index (χ0) is 15.8. The molecular formula is C13H14N6OS3. The zero-order valence-electron chi connectivity index (χ0n) is 12.4. The molecule has 0 bridgehead atoms. The van der Waals surface area contributed by atoms with Crippen molar-refractivity contribution in [3.8, 4) is 0 Å². The topological polar surface area (TPSA) is 85.1 Å². The van der Waals surface area contributed by atoms with E-state index in [0.717, 1.165) is 26.6 Å². The average Bonchev–Trinajstić information content (AvgIpc) is 3.08.